The van der Waals surface area contributed by atoms with E-state index in [1.165, 1.54) is 0 Å². The Bertz CT molecular complexity index is 1110. The minimum Gasteiger partial charge on any atom is -0.352 e. The highest BCUT2D eigenvalue weighted by molar-refractivity contribution is 6.33. The van der Waals surface area contributed by atoms with Gasteiger partial charge in [0, 0.05) is 75.4 Å². The number of hydrogen-bond donors (Lipinski definition) is 1. The van der Waals surface area contributed by atoms with E-state index in [9.17, 15) is 0 Å². The zero-order valence-electron chi connectivity index (χ0n) is 17.9. The van der Waals surface area contributed by atoms with E-state index in [1.54, 1.807) is 6.20 Å². The molecule has 7 nitrogen and oxygen atoms in total. The van der Waals surface area contributed by atoms with E-state index in [1.807, 2.05) is 25.4 Å². The number of anilines is 2. The van der Waals surface area contributed by atoms with Crippen molar-refractivity contribution in [2.24, 2.45) is 0 Å². The van der Waals surface area contributed by atoms with Gasteiger partial charge < -0.3 is 15.1 Å². The highest BCUT2D eigenvalue weighted by Gasteiger charge is 2.22. The number of fused-ring (bicyclic) bond motifs is 1. The first kappa shape index (κ1) is 20.2. The van der Waals surface area contributed by atoms with Gasteiger partial charge in [0.05, 0.1) is 16.4 Å². The number of halogens is 1. The molecular weight excluding hydrogens is 410 g/mol. The number of nitrogens with zero attached hydrogens (tertiary/aromatic N) is 6. The van der Waals surface area contributed by atoms with Gasteiger partial charge in [-0.15, -0.1) is 0 Å². The molecule has 0 amide bonds. The summed E-state index contributed by atoms with van der Waals surface area (Å²) >= 11 is 6.50. The first-order valence-electron chi connectivity index (χ1n) is 10.7. The van der Waals surface area contributed by atoms with Crippen LogP contribution in [0.4, 0.5) is 11.8 Å². The van der Waals surface area contributed by atoms with E-state index in [0.717, 1.165) is 91.1 Å². The molecule has 2 aliphatic heterocycles. The van der Waals surface area contributed by atoms with Gasteiger partial charge in [-0.05, 0) is 31.0 Å². The average Bonchev–Trinajstić information content (AvgIpc) is 2.80. The Balaban J connectivity index is 1.40. The molecule has 2 aliphatic rings. The molecule has 0 atom stereocenters. The molecule has 0 aliphatic carbocycles. The largest absolute Gasteiger partial charge is 0.352 e. The maximum Gasteiger partial charge on any atom is 0.225 e. The molecule has 0 spiro atoms. The smallest absolute Gasteiger partial charge is 0.225 e. The van der Waals surface area contributed by atoms with Crippen molar-refractivity contribution in [3.8, 4) is 11.3 Å². The fourth-order valence-electron chi connectivity index (χ4n) is 4.30. The zero-order valence-corrected chi connectivity index (χ0v) is 18.7. The molecule has 0 unspecified atom stereocenters. The number of piperazine rings is 1. The quantitative estimate of drug-likeness (QED) is 0.677. The monoisotopic (exact) mass is 435 g/mol. The predicted octanol–water partition coefficient (Wildman–Crippen LogP) is 3.18. The average molecular weight is 436 g/mol. The van der Waals surface area contributed by atoms with E-state index >= 15 is 0 Å². The van der Waals surface area contributed by atoms with E-state index in [2.05, 4.69) is 43.1 Å². The molecule has 0 saturated carbocycles. The molecule has 1 fully saturated rings. The number of rotatable bonds is 3. The Labute approximate surface area is 187 Å². The third-order valence-corrected chi connectivity index (χ3v) is 6.26. The van der Waals surface area contributed by atoms with Crippen LogP contribution in [0.5, 0.6) is 0 Å². The topological polar surface area (TPSA) is 70.1 Å². The van der Waals surface area contributed by atoms with Gasteiger partial charge in [-0.2, -0.15) is 0 Å². The molecule has 5 heterocycles. The summed E-state index contributed by atoms with van der Waals surface area (Å²) in [5.74, 6) is 1.75. The molecule has 3 aromatic heterocycles. The van der Waals surface area contributed by atoms with Crippen molar-refractivity contribution in [2.75, 3.05) is 42.5 Å². The fourth-order valence-corrected chi connectivity index (χ4v) is 4.49. The standard InChI is InChI=1S/C23H26ClN7/c1-15-9-16(2)22(27-11-15)18-10-21(26-13-19(18)24)31-6-3-20-17(14-31)12-28-23(29-20)30-7-4-25-5-8-30/h9-13,25H,3-8,14H2,1-2H3. The summed E-state index contributed by atoms with van der Waals surface area (Å²) in [4.78, 5) is 23.3. The summed E-state index contributed by atoms with van der Waals surface area (Å²) in [6.07, 6.45) is 6.46. The maximum absolute atomic E-state index is 6.50. The summed E-state index contributed by atoms with van der Waals surface area (Å²) in [5, 5.41) is 3.99. The molecule has 0 radical (unpaired) electrons. The summed E-state index contributed by atoms with van der Waals surface area (Å²) in [6, 6.07) is 4.18. The molecule has 1 N–H and O–H groups in total. The molecule has 160 valence electrons. The van der Waals surface area contributed by atoms with Crippen LogP contribution >= 0.6 is 11.6 Å². The molecule has 5 rings (SSSR count). The van der Waals surface area contributed by atoms with Gasteiger partial charge >= 0.3 is 0 Å². The molecule has 1 saturated heterocycles. The number of aromatic nitrogens is 4. The van der Waals surface area contributed by atoms with Crippen LogP contribution in [-0.2, 0) is 13.0 Å². The highest BCUT2D eigenvalue weighted by atomic mass is 35.5. The highest BCUT2D eigenvalue weighted by Crippen LogP contribution is 2.32. The van der Waals surface area contributed by atoms with Crippen LogP contribution in [0.15, 0.2) is 30.7 Å². The molecular formula is C23H26ClN7. The van der Waals surface area contributed by atoms with E-state index in [-0.39, 0.29) is 0 Å². The van der Waals surface area contributed by atoms with Crippen LogP contribution in [0.25, 0.3) is 11.3 Å². The van der Waals surface area contributed by atoms with E-state index < -0.39 is 0 Å². The Morgan fingerprint density at radius 3 is 2.58 bits per heavy atom. The Kier molecular flexibility index (Phi) is 5.46. The van der Waals surface area contributed by atoms with Crippen LogP contribution in [0, 0.1) is 13.8 Å². The summed E-state index contributed by atoms with van der Waals surface area (Å²) in [7, 11) is 0. The van der Waals surface area contributed by atoms with Gasteiger partial charge in [-0.25, -0.2) is 15.0 Å². The third-order valence-electron chi connectivity index (χ3n) is 5.96. The van der Waals surface area contributed by atoms with Crippen molar-refractivity contribution < 1.29 is 0 Å². The van der Waals surface area contributed by atoms with E-state index in [4.69, 9.17) is 16.6 Å². The fraction of sp³-hybridized carbons (Fsp3) is 0.391. The molecule has 0 aromatic carbocycles. The van der Waals surface area contributed by atoms with E-state index in [0.29, 0.717) is 5.02 Å². The molecule has 3 aromatic rings. The second-order valence-electron chi connectivity index (χ2n) is 8.25. The SMILES string of the molecule is Cc1cnc(-c2cc(N3CCc4nc(N5CCNCC5)ncc4C3)ncc2Cl)c(C)c1. The van der Waals surface area contributed by atoms with Crippen molar-refractivity contribution in [1.29, 1.82) is 0 Å². The zero-order chi connectivity index (χ0) is 21.4. The van der Waals surface area contributed by atoms with Gasteiger partial charge in [-0.3, -0.25) is 4.98 Å². The number of pyridine rings is 2. The molecule has 8 heteroatoms. The number of nitrogens with one attached hydrogen (secondary N) is 1. The van der Waals surface area contributed by atoms with Crippen molar-refractivity contribution >= 4 is 23.4 Å². The van der Waals surface area contributed by atoms with Crippen LogP contribution in [0.2, 0.25) is 5.02 Å². The van der Waals surface area contributed by atoms with Gasteiger partial charge in [-0.1, -0.05) is 17.7 Å². The second kappa shape index (κ2) is 8.40. The minimum absolute atomic E-state index is 0.615. The third kappa shape index (κ3) is 4.07. The Hall–Kier alpha value is -2.77. The van der Waals surface area contributed by atoms with Crippen LogP contribution in [0.3, 0.4) is 0 Å². The van der Waals surface area contributed by atoms with Crippen molar-refractivity contribution in [2.45, 2.75) is 26.8 Å². The Morgan fingerprint density at radius 1 is 0.935 bits per heavy atom. The maximum atomic E-state index is 6.50. The number of hydrogen-bond acceptors (Lipinski definition) is 7. The summed E-state index contributed by atoms with van der Waals surface area (Å²) < 4.78 is 0. The lowest BCUT2D eigenvalue weighted by Gasteiger charge is -2.31. The lowest BCUT2D eigenvalue weighted by molar-refractivity contribution is 0.576. The minimum atomic E-state index is 0.615. The molecule has 0 bridgehead atoms. The first-order valence-corrected chi connectivity index (χ1v) is 11.1. The van der Waals surface area contributed by atoms with Crippen LogP contribution < -0.4 is 15.1 Å². The molecule has 31 heavy (non-hydrogen) atoms. The predicted molar refractivity (Wildman–Crippen MR) is 124 cm³/mol. The van der Waals surface area contributed by atoms with Crippen molar-refractivity contribution in [1.82, 2.24) is 25.3 Å². The van der Waals surface area contributed by atoms with Gasteiger partial charge in [0.1, 0.15) is 5.82 Å². The summed E-state index contributed by atoms with van der Waals surface area (Å²) in [5.41, 5.74) is 6.37. The van der Waals surface area contributed by atoms with Gasteiger partial charge in [0.25, 0.3) is 0 Å². The lowest BCUT2D eigenvalue weighted by Crippen LogP contribution is -2.44. The summed E-state index contributed by atoms with van der Waals surface area (Å²) in [6.45, 7) is 9.58. The van der Waals surface area contributed by atoms with Crippen molar-refractivity contribution in [3.63, 3.8) is 0 Å². The lowest BCUT2D eigenvalue weighted by atomic mass is 10.0. The van der Waals surface area contributed by atoms with Crippen LogP contribution in [-0.4, -0.2) is 52.7 Å². The first-order chi connectivity index (χ1) is 15.1. The second-order valence-corrected chi connectivity index (χ2v) is 8.66. The van der Waals surface area contributed by atoms with Gasteiger partial charge in [0.15, 0.2) is 0 Å². The van der Waals surface area contributed by atoms with Gasteiger partial charge in [0.2, 0.25) is 5.95 Å². The van der Waals surface area contributed by atoms with Crippen LogP contribution in [0.1, 0.15) is 22.4 Å². The normalized spacial score (nSPS) is 16.4. The number of aryl methyl sites for hydroxylation is 2. The van der Waals surface area contributed by atoms with Crippen molar-refractivity contribution in [3.05, 3.63) is 58.1 Å². The Morgan fingerprint density at radius 2 is 1.77 bits per heavy atom.